The fraction of sp³-hybridized carbons (Fsp3) is 0.588. The SMILES string of the molecule is CCOC(=O)[C@H](N[S@@](=O)c1c(C)cc(C)cc1C)C(C)(C)C. The Morgan fingerprint density at radius 2 is 1.73 bits per heavy atom. The zero-order valence-corrected chi connectivity index (χ0v) is 15.4. The Balaban J connectivity index is 3.10. The van der Waals surface area contributed by atoms with Gasteiger partial charge in [-0.25, -0.2) is 8.93 Å². The lowest BCUT2D eigenvalue weighted by molar-refractivity contribution is -0.147. The van der Waals surface area contributed by atoms with E-state index in [0.717, 1.165) is 21.6 Å². The molecule has 0 amide bonds. The molecule has 0 radical (unpaired) electrons. The van der Waals surface area contributed by atoms with Crippen LogP contribution in [0.4, 0.5) is 0 Å². The van der Waals surface area contributed by atoms with Gasteiger partial charge in [0.05, 0.1) is 11.5 Å². The highest BCUT2D eigenvalue weighted by Crippen LogP contribution is 2.24. The van der Waals surface area contributed by atoms with E-state index in [4.69, 9.17) is 4.74 Å². The van der Waals surface area contributed by atoms with Crippen molar-refractivity contribution >= 4 is 17.0 Å². The van der Waals surface area contributed by atoms with E-state index < -0.39 is 22.4 Å². The Kier molecular flexibility index (Phi) is 6.32. The average Bonchev–Trinajstić information content (AvgIpc) is 2.33. The predicted molar refractivity (Wildman–Crippen MR) is 90.1 cm³/mol. The standard InChI is InChI=1S/C17H27NO3S/c1-8-21-16(19)15(17(5,6)7)18-22(20)14-12(3)9-11(2)10-13(14)4/h9-10,15,18H,8H2,1-7H3/t15-,22-/m0/s1. The van der Waals surface area contributed by atoms with Crippen LogP contribution in [0.5, 0.6) is 0 Å². The topological polar surface area (TPSA) is 55.4 Å². The van der Waals surface area contributed by atoms with Crippen molar-refractivity contribution in [1.29, 1.82) is 0 Å². The maximum Gasteiger partial charge on any atom is 0.324 e. The highest BCUT2D eigenvalue weighted by Gasteiger charge is 2.34. The molecule has 0 aliphatic carbocycles. The van der Waals surface area contributed by atoms with Crippen LogP contribution in [0.2, 0.25) is 0 Å². The summed E-state index contributed by atoms with van der Waals surface area (Å²) >= 11 is 0. The van der Waals surface area contributed by atoms with E-state index in [0.29, 0.717) is 6.61 Å². The largest absolute Gasteiger partial charge is 0.465 e. The zero-order valence-electron chi connectivity index (χ0n) is 14.6. The number of benzene rings is 1. The van der Waals surface area contributed by atoms with Gasteiger partial charge in [-0.2, -0.15) is 0 Å². The van der Waals surface area contributed by atoms with Crippen molar-refractivity contribution in [1.82, 2.24) is 4.72 Å². The predicted octanol–water partition coefficient (Wildman–Crippen LogP) is 3.20. The molecule has 1 rings (SSSR count). The lowest BCUT2D eigenvalue weighted by atomic mass is 9.87. The Labute approximate surface area is 136 Å². The van der Waals surface area contributed by atoms with Gasteiger partial charge >= 0.3 is 5.97 Å². The third kappa shape index (κ3) is 4.65. The molecule has 124 valence electrons. The van der Waals surface area contributed by atoms with Gasteiger partial charge < -0.3 is 4.74 Å². The second-order valence-corrected chi connectivity index (χ2v) is 7.85. The summed E-state index contributed by atoms with van der Waals surface area (Å²) < 4.78 is 20.8. The number of nitrogens with one attached hydrogen (secondary N) is 1. The van der Waals surface area contributed by atoms with Crippen LogP contribution in [-0.2, 0) is 20.5 Å². The first-order valence-corrected chi connectivity index (χ1v) is 8.65. The molecule has 22 heavy (non-hydrogen) atoms. The molecule has 1 aromatic rings. The zero-order chi connectivity index (χ0) is 17.1. The van der Waals surface area contributed by atoms with Crippen LogP contribution >= 0.6 is 0 Å². The van der Waals surface area contributed by atoms with Gasteiger partial charge in [-0.05, 0) is 44.2 Å². The van der Waals surface area contributed by atoms with Gasteiger partial charge in [-0.1, -0.05) is 38.5 Å². The molecule has 0 aromatic heterocycles. The summed E-state index contributed by atoms with van der Waals surface area (Å²) in [5.74, 6) is -0.370. The van der Waals surface area contributed by atoms with E-state index in [1.807, 2.05) is 53.7 Å². The summed E-state index contributed by atoms with van der Waals surface area (Å²) in [6.45, 7) is 13.7. The van der Waals surface area contributed by atoms with Crippen LogP contribution in [0.1, 0.15) is 44.4 Å². The normalized spacial score (nSPS) is 14.5. The second kappa shape index (κ2) is 7.38. The Bertz CT molecular complexity index is 553. The van der Waals surface area contributed by atoms with E-state index >= 15 is 0 Å². The Hall–Kier alpha value is -1.20. The molecule has 0 spiro atoms. The fourth-order valence-corrected chi connectivity index (χ4v) is 3.91. The smallest absolute Gasteiger partial charge is 0.324 e. The van der Waals surface area contributed by atoms with Gasteiger partial charge in [0.15, 0.2) is 0 Å². The molecule has 4 nitrogen and oxygen atoms in total. The van der Waals surface area contributed by atoms with Crippen LogP contribution in [0.15, 0.2) is 17.0 Å². The second-order valence-electron chi connectivity index (χ2n) is 6.67. The Morgan fingerprint density at radius 1 is 1.23 bits per heavy atom. The number of esters is 1. The molecule has 0 aliphatic rings. The number of carbonyl (C=O) groups is 1. The quantitative estimate of drug-likeness (QED) is 0.846. The minimum atomic E-state index is -1.47. The number of carbonyl (C=O) groups excluding carboxylic acids is 1. The molecular weight excluding hydrogens is 298 g/mol. The summed E-state index contributed by atoms with van der Waals surface area (Å²) in [7, 11) is -1.47. The molecule has 0 unspecified atom stereocenters. The highest BCUT2D eigenvalue weighted by molar-refractivity contribution is 7.83. The first-order chi connectivity index (χ1) is 10.1. The number of rotatable bonds is 5. The molecule has 0 saturated heterocycles. The summed E-state index contributed by atoms with van der Waals surface area (Å²) in [4.78, 5) is 12.9. The van der Waals surface area contributed by atoms with Crippen LogP contribution in [0.25, 0.3) is 0 Å². The van der Waals surface area contributed by atoms with Crippen molar-refractivity contribution in [3.8, 4) is 0 Å². The average molecular weight is 325 g/mol. The van der Waals surface area contributed by atoms with E-state index in [-0.39, 0.29) is 5.97 Å². The molecule has 1 N–H and O–H groups in total. The number of hydrogen-bond acceptors (Lipinski definition) is 3. The van der Waals surface area contributed by atoms with Crippen molar-refractivity contribution in [2.45, 2.75) is 59.4 Å². The third-order valence-electron chi connectivity index (χ3n) is 3.40. The van der Waals surface area contributed by atoms with Gasteiger partial charge in [0.2, 0.25) is 0 Å². The number of hydrogen-bond donors (Lipinski definition) is 1. The number of aryl methyl sites for hydroxylation is 3. The Morgan fingerprint density at radius 3 is 2.14 bits per heavy atom. The molecule has 0 saturated carbocycles. The minimum absolute atomic E-state index is 0.308. The van der Waals surface area contributed by atoms with Crippen molar-refractivity contribution in [2.75, 3.05) is 6.61 Å². The van der Waals surface area contributed by atoms with Gasteiger partial charge in [-0.15, -0.1) is 0 Å². The number of ether oxygens (including phenoxy) is 1. The first kappa shape index (κ1) is 18.8. The summed E-state index contributed by atoms with van der Waals surface area (Å²) in [5, 5.41) is 0. The summed E-state index contributed by atoms with van der Waals surface area (Å²) in [6.07, 6.45) is 0. The molecule has 0 fully saturated rings. The van der Waals surface area contributed by atoms with Crippen molar-refractivity contribution in [3.05, 3.63) is 28.8 Å². The fourth-order valence-electron chi connectivity index (χ4n) is 2.43. The van der Waals surface area contributed by atoms with Crippen LogP contribution in [0.3, 0.4) is 0 Å². The first-order valence-electron chi connectivity index (χ1n) is 7.50. The van der Waals surface area contributed by atoms with Crippen LogP contribution < -0.4 is 4.72 Å². The van der Waals surface area contributed by atoms with Gasteiger partial charge in [-0.3, -0.25) is 4.79 Å². The van der Waals surface area contributed by atoms with E-state index in [9.17, 15) is 9.00 Å². The molecule has 5 heteroatoms. The lowest BCUT2D eigenvalue weighted by Crippen LogP contribution is -2.48. The summed E-state index contributed by atoms with van der Waals surface area (Å²) in [5.41, 5.74) is 2.65. The van der Waals surface area contributed by atoms with E-state index in [1.54, 1.807) is 6.92 Å². The maximum atomic E-state index is 12.8. The van der Waals surface area contributed by atoms with Crippen molar-refractivity contribution < 1.29 is 13.7 Å². The monoisotopic (exact) mass is 325 g/mol. The molecule has 0 aliphatic heterocycles. The van der Waals surface area contributed by atoms with Gasteiger partial charge in [0.1, 0.15) is 17.0 Å². The van der Waals surface area contributed by atoms with E-state index in [2.05, 4.69) is 4.72 Å². The third-order valence-corrected chi connectivity index (χ3v) is 4.87. The maximum absolute atomic E-state index is 12.8. The minimum Gasteiger partial charge on any atom is -0.465 e. The van der Waals surface area contributed by atoms with E-state index in [1.165, 1.54) is 0 Å². The summed E-state index contributed by atoms with van der Waals surface area (Å²) in [6, 6.07) is 3.37. The molecule has 2 atom stereocenters. The van der Waals surface area contributed by atoms with Crippen molar-refractivity contribution in [3.63, 3.8) is 0 Å². The molecular formula is C17H27NO3S. The molecule has 0 heterocycles. The van der Waals surface area contributed by atoms with Gasteiger partial charge in [0, 0.05) is 0 Å². The van der Waals surface area contributed by atoms with Crippen molar-refractivity contribution in [2.24, 2.45) is 5.41 Å². The van der Waals surface area contributed by atoms with Gasteiger partial charge in [0.25, 0.3) is 0 Å². The van der Waals surface area contributed by atoms with Crippen LogP contribution in [0, 0.1) is 26.2 Å². The molecule has 0 bridgehead atoms. The lowest BCUT2D eigenvalue weighted by Gasteiger charge is -2.29. The molecule has 1 aromatic carbocycles. The van der Waals surface area contributed by atoms with Crippen LogP contribution in [-0.4, -0.2) is 22.8 Å². The highest BCUT2D eigenvalue weighted by atomic mass is 32.2.